The van der Waals surface area contributed by atoms with Gasteiger partial charge in [0.2, 0.25) is 0 Å². The second kappa shape index (κ2) is 5.84. The summed E-state index contributed by atoms with van der Waals surface area (Å²) in [5.41, 5.74) is 1.98. The minimum absolute atomic E-state index is 0.232. The van der Waals surface area contributed by atoms with Crippen molar-refractivity contribution in [2.75, 3.05) is 0 Å². The molecule has 0 unspecified atom stereocenters. The van der Waals surface area contributed by atoms with Crippen molar-refractivity contribution in [2.24, 2.45) is 4.99 Å². The van der Waals surface area contributed by atoms with Gasteiger partial charge in [-0.1, -0.05) is 51.8 Å². The first-order chi connectivity index (χ1) is 10.1. The summed E-state index contributed by atoms with van der Waals surface area (Å²) in [5, 5.41) is 3.30. The third-order valence-corrected chi connectivity index (χ3v) is 3.80. The number of amides is 1. The van der Waals surface area contributed by atoms with Crippen molar-refractivity contribution < 1.29 is 4.79 Å². The van der Waals surface area contributed by atoms with Gasteiger partial charge in [0, 0.05) is 10.0 Å². The van der Waals surface area contributed by atoms with Crippen LogP contribution < -0.4 is 5.32 Å². The normalized spacial score (nSPS) is 16.0. The Bertz CT molecular complexity index is 783. The molecule has 0 spiro atoms. The van der Waals surface area contributed by atoms with E-state index in [-0.39, 0.29) is 5.91 Å². The van der Waals surface area contributed by atoms with Gasteiger partial charge in [-0.3, -0.25) is 4.79 Å². The molecule has 0 atom stereocenters. The zero-order valence-electron chi connectivity index (χ0n) is 10.8. The predicted molar refractivity (Wildman–Crippen MR) is 88.3 cm³/mol. The fourth-order valence-corrected chi connectivity index (χ4v) is 2.65. The van der Waals surface area contributed by atoms with Crippen LogP contribution >= 0.6 is 27.5 Å². The molecule has 0 bridgehead atoms. The molecule has 0 aliphatic carbocycles. The Morgan fingerprint density at radius 3 is 2.71 bits per heavy atom. The van der Waals surface area contributed by atoms with Gasteiger partial charge in [0.25, 0.3) is 5.91 Å². The van der Waals surface area contributed by atoms with Crippen LogP contribution in [0.3, 0.4) is 0 Å². The van der Waals surface area contributed by atoms with Crippen LogP contribution in [0, 0.1) is 0 Å². The zero-order chi connectivity index (χ0) is 14.8. The summed E-state index contributed by atoms with van der Waals surface area (Å²) in [4.78, 5) is 16.4. The average Bonchev–Trinajstić information content (AvgIpc) is 2.80. The summed E-state index contributed by atoms with van der Waals surface area (Å²) in [6.45, 7) is 0. The lowest BCUT2D eigenvalue weighted by molar-refractivity contribution is -0.115. The van der Waals surface area contributed by atoms with E-state index >= 15 is 0 Å². The van der Waals surface area contributed by atoms with E-state index in [2.05, 4.69) is 26.2 Å². The molecule has 1 aliphatic heterocycles. The molecule has 0 saturated carbocycles. The molecule has 104 valence electrons. The fraction of sp³-hybridized carbons (Fsp3) is 0. The summed E-state index contributed by atoms with van der Waals surface area (Å²) in [6.07, 6.45) is 1.74. The van der Waals surface area contributed by atoms with Crippen LogP contribution in [0.25, 0.3) is 6.08 Å². The smallest absolute Gasteiger partial charge is 0.275 e. The number of amidine groups is 1. The SMILES string of the molecule is O=C1NC(c2ccccc2Cl)=N/C1=C/c1cccc(Br)c1. The van der Waals surface area contributed by atoms with Gasteiger partial charge in [0.05, 0.1) is 5.02 Å². The van der Waals surface area contributed by atoms with Crippen molar-refractivity contribution in [3.63, 3.8) is 0 Å². The lowest BCUT2D eigenvalue weighted by Gasteiger charge is -2.01. The van der Waals surface area contributed by atoms with E-state index in [4.69, 9.17) is 11.6 Å². The van der Waals surface area contributed by atoms with Crippen LogP contribution in [0.5, 0.6) is 0 Å². The molecule has 0 saturated heterocycles. The number of carbonyl (C=O) groups is 1. The lowest BCUT2D eigenvalue weighted by Crippen LogP contribution is -2.24. The highest BCUT2D eigenvalue weighted by Gasteiger charge is 2.22. The van der Waals surface area contributed by atoms with E-state index in [1.165, 1.54) is 0 Å². The van der Waals surface area contributed by atoms with Crippen molar-refractivity contribution in [3.8, 4) is 0 Å². The number of carbonyl (C=O) groups excluding carboxylic acids is 1. The van der Waals surface area contributed by atoms with Crippen LogP contribution in [0.15, 0.2) is 63.7 Å². The summed E-state index contributed by atoms with van der Waals surface area (Å²) in [6, 6.07) is 14.9. The molecular weight excluding hydrogens is 352 g/mol. The minimum Gasteiger partial charge on any atom is -0.305 e. The molecule has 2 aromatic rings. The van der Waals surface area contributed by atoms with Gasteiger partial charge in [0.1, 0.15) is 11.5 Å². The fourth-order valence-electron chi connectivity index (χ4n) is 2.00. The monoisotopic (exact) mass is 360 g/mol. The number of aliphatic imine (C=N–C) groups is 1. The summed E-state index contributed by atoms with van der Waals surface area (Å²) < 4.78 is 0.950. The molecule has 1 aliphatic rings. The van der Waals surface area contributed by atoms with Crippen molar-refractivity contribution in [3.05, 3.63) is 74.9 Å². The largest absolute Gasteiger partial charge is 0.305 e. The predicted octanol–water partition coefficient (Wildman–Crippen LogP) is 4.02. The summed E-state index contributed by atoms with van der Waals surface area (Å²) in [7, 11) is 0. The molecule has 3 nitrogen and oxygen atoms in total. The quantitative estimate of drug-likeness (QED) is 0.807. The van der Waals surface area contributed by atoms with Crippen molar-refractivity contribution in [1.82, 2.24) is 5.32 Å². The molecule has 21 heavy (non-hydrogen) atoms. The molecule has 0 aromatic heterocycles. The lowest BCUT2D eigenvalue weighted by atomic mass is 10.2. The number of benzene rings is 2. The highest BCUT2D eigenvalue weighted by molar-refractivity contribution is 9.10. The van der Waals surface area contributed by atoms with Gasteiger partial charge >= 0.3 is 0 Å². The van der Waals surface area contributed by atoms with E-state index in [1.54, 1.807) is 12.1 Å². The van der Waals surface area contributed by atoms with Crippen molar-refractivity contribution in [2.45, 2.75) is 0 Å². The molecule has 0 radical (unpaired) electrons. The van der Waals surface area contributed by atoms with E-state index in [9.17, 15) is 4.79 Å². The number of nitrogens with one attached hydrogen (secondary N) is 1. The standard InChI is InChI=1S/C16H10BrClN2O/c17-11-5-3-4-10(8-11)9-14-16(21)20-15(19-14)12-6-1-2-7-13(12)18/h1-9H,(H,19,20,21)/b14-9+. The molecule has 1 heterocycles. The Morgan fingerprint density at radius 2 is 1.95 bits per heavy atom. The first-order valence-electron chi connectivity index (χ1n) is 6.26. The van der Waals surface area contributed by atoms with Crippen LogP contribution in [0.2, 0.25) is 5.02 Å². The van der Waals surface area contributed by atoms with Gasteiger partial charge in [-0.15, -0.1) is 0 Å². The first-order valence-corrected chi connectivity index (χ1v) is 7.43. The Balaban J connectivity index is 1.98. The molecule has 5 heteroatoms. The highest BCUT2D eigenvalue weighted by Crippen LogP contribution is 2.21. The number of halogens is 2. The average molecular weight is 362 g/mol. The third kappa shape index (κ3) is 3.06. The van der Waals surface area contributed by atoms with Crippen molar-refractivity contribution >= 4 is 45.3 Å². The number of nitrogens with zero attached hydrogens (tertiary/aromatic N) is 1. The second-order valence-corrected chi connectivity index (χ2v) is 5.80. The maximum Gasteiger partial charge on any atom is 0.275 e. The van der Waals surface area contributed by atoms with Gasteiger partial charge in [-0.05, 0) is 35.9 Å². The Morgan fingerprint density at radius 1 is 1.14 bits per heavy atom. The minimum atomic E-state index is -0.232. The molecule has 0 fully saturated rings. The third-order valence-electron chi connectivity index (χ3n) is 2.98. The van der Waals surface area contributed by atoms with E-state index in [1.807, 2.05) is 42.5 Å². The van der Waals surface area contributed by atoms with E-state index < -0.39 is 0 Å². The van der Waals surface area contributed by atoms with Gasteiger partial charge < -0.3 is 5.32 Å². The van der Waals surface area contributed by atoms with Crippen molar-refractivity contribution in [1.29, 1.82) is 0 Å². The molecular formula is C16H10BrClN2O. The topological polar surface area (TPSA) is 41.5 Å². The Kier molecular flexibility index (Phi) is 3.90. The van der Waals surface area contributed by atoms with Crippen LogP contribution in [-0.4, -0.2) is 11.7 Å². The Hall–Kier alpha value is -1.91. The highest BCUT2D eigenvalue weighted by atomic mass is 79.9. The van der Waals surface area contributed by atoms with Crippen LogP contribution in [0.1, 0.15) is 11.1 Å². The second-order valence-electron chi connectivity index (χ2n) is 4.48. The first kappa shape index (κ1) is 14.0. The van der Waals surface area contributed by atoms with Gasteiger partial charge in [0.15, 0.2) is 0 Å². The summed E-state index contributed by atoms with van der Waals surface area (Å²) in [5.74, 6) is 0.247. The molecule has 3 rings (SSSR count). The molecule has 1 amide bonds. The van der Waals surface area contributed by atoms with E-state index in [0.717, 1.165) is 10.0 Å². The van der Waals surface area contributed by atoms with Gasteiger partial charge in [-0.2, -0.15) is 0 Å². The van der Waals surface area contributed by atoms with Gasteiger partial charge in [-0.25, -0.2) is 4.99 Å². The van der Waals surface area contributed by atoms with Crippen LogP contribution in [-0.2, 0) is 4.79 Å². The summed E-state index contributed by atoms with van der Waals surface area (Å²) >= 11 is 9.52. The number of rotatable bonds is 2. The molecule has 2 aromatic carbocycles. The van der Waals surface area contributed by atoms with Crippen LogP contribution in [0.4, 0.5) is 0 Å². The Labute approximate surface area is 135 Å². The zero-order valence-corrected chi connectivity index (χ0v) is 13.1. The maximum absolute atomic E-state index is 12.0. The van der Waals surface area contributed by atoms with E-state index in [0.29, 0.717) is 22.1 Å². The number of hydrogen-bond donors (Lipinski definition) is 1. The molecule has 1 N–H and O–H groups in total. The maximum atomic E-state index is 12.0. The number of hydrogen-bond acceptors (Lipinski definition) is 2.